The second kappa shape index (κ2) is 7.81. The third-order valence-corrected chi connectivity index (χ3v) is 6.23. The van der Waals surface area contributed by atoms with Gasteiger partial charge in [-0.2, -0.15) is 0 Å². The van der Waals surface area contributed by atoms with Crippen LogP contribution in [0.4, 0.5) is 5.69 Å². The quantitative estimate of drug-likeness (QED) is 0.845. The van der Waals surface area contributed by atoms with E-state index in [9.17, 15) is 13.2 Å². The van der Waals surface area contributed by atoms with Gasteiger partial charge in [-0.1, -0.05) is 48.9 Å². The molecule has 0 aliphatic heterocycles. The molecule has 0 aliphatic rings. The molecule has 2 rings (SSSR count). The number of halogens is 1. The van der Waals surface area contributed by atoms with Gasteiger partial charge in [0.2, 0.25) is 5.91 Å². The lowest BCUT2D eigenvalue weighted by Gasteiger charge is -2.14. The molecule has 0 fully saturated rings. The molecule has 1 amide bonds. The Balaban J connectivity index is 2.09. The normalized spacial score (nSPS) is 12.6. The number of anilines is 1. The Hall–Kier alpha value is -1.85. The maximum atomic E-state index is 12.5. The molecular formula is C18H20ClNO3S. The van der Waals surface area contributed by atoms with Crippen LogP contribution in [0.3, 0.4) is 0 Å². The van der Waals surface area contributed by atoms with Gasteiger partial charge in [-0.25, -0.2) is 8.42 Å². The van der Waals surface area contributed by atoms with Gasteiger partial charge >= 0.3 is 0 Å². The number of aryl methyl sites for hydroxylation is 1. The van der Waals surface area contributed by atoms with Crippen molar-refractivity contribution in [3.8, 4) is 0 Å². The summed E-state index contributed by atoms with van der Waals surface area (Å²) in [4.78, 5) is 12.3. The summed E-state index contributed by atoms with van der Waals surface area (Å²) in [5.74, 6) is -0.818. The molecule has 0 bridgehead atoms. The molecule has 128 valence electrons. The molecule has 0 unspecified atom stereocenters. The number of carbonyl (C=O) groups excluding carboxylic acids is 1. The van der Waals surface area contributed by atoms with Gasteiger partial charge in [-0.3, -0.25) is 4.79 Å². The maximum absolute atomic E-state index is 12.5. The molecule has 2 aromatic rings. The number of benzene rings is 2. The average molecular weight is 366 g/mol. The van der Waals surface area contributed by atoms with Crippen LogP contribution in [0.15, 0.2) is 48.5 Å². The van der Waals surface area contributed by atoms with Crippen molar-refractivity contribution in [1.29, 1.82) is 0 Å². The monoisotopic (exact) mass is 365 g/mol. The minimum absolute atomic E-state index is 0.268. The summed E-state index contributed by atoms with van der Waals surface area (Å²) < 4.78 is 24.9. The number of hydrogen-bond donors (Lipinski definition) is 1. The number of carbonyl (C=O) groups is 1. The lowest BCUT2D eigenvalue weighted by Crippen LogP contribution is -2.33. The van der Waals surface area contributed by atoms with Crippen molar-refractivity contribution >= 4 is 33.0 Å². The summed E-state index contributed by atoms with van der Waals surface area (Å²) in [6.07, 6.45) is 0.900. The van der Waals surface area contributed by atoms with E-state index in [0.29, 0.717) is 16.3 Å². The number of rotatable bonds is 6. The molecule has 0 saturated carbocycles. The Morgan fingerprint density at radius 1 is 1.12 bits per heavy atom. The smallest absolute Gasteiger partial charge is 0.242 e. The highest BCUT2D eigenvalue weighted by Crippen LogP contribution is 2.20. The van der Waals surface area contributed by atoms with E-state index >= 15 is 0 Å². The molecule has 1 N–H and O–H groups in total. The Bertz CT molecular complexity index is 816. The van der Waals surface area contributed by atoms with Gasteiger partial charge in [-0.05, 0) is 42.7 Å². The summed E-state index contributed by atoms with van der Waals surface area (Å²) in [5.41, 5.74) is 2.22. The van der Waals surface area contributed by atoms with Crippen LogP contribution in [-0.2, 0) is 26.8 Å². The van der Waals surface area contributed by atoms with Gasteiger partial charge in [-0.15, -0.1) is 0 Å². The molecule has 4 nitrogen and oxygen atoms in total. The minimum Gasteiger partial charge on any atom is -0.325 e. The van der Waals surface area contributed by atoms with E-state index in [1.165, 1.54) is 6.92 Å². The number of nitrogens with one attached hydrogen (secondary N) is 1. The molecule has 1 atom stereocenters. The van der Waals surface area contributed by atoms with Crippen LogP contribution >= 0.6 is 11.6 Å². The molecule has 6 heteroatoms. The van der Waals surface area contributed by atoms with Crippen molar-refractivity contribution in [3.05, 3.63) is 64.7 Å². The van der Waals surface area contributed by atoms with Crippen LogP contribution in [0.2, 0.25) is 5.02 Å². The highest BCUT2D eigenvalue weighted by atomic mass is 35.5. The first-order valence-electron chi connectivity index (χ1n) is 7.68. The van der Waals surface area contributed by atoms with Gasteiger partial charge in [0.05, 0.1) is 5.75 Å². The predicted molar refractivity (Wildman–Crippen MR) is 98.0 cm³/mol. The number of sulfone groups is 1. The predicted octanol–water partition coefficient (Wildman–Crippen LogP) is 3.84. The SMILES string of the molecule is CCc1ccc(NC(=O)[C@H](C)S(=O)(=O)Cc2ccccc2Cl)cc1. The van der Waals surface area contributed by atoms with Crippen molar-refractivity contribution in [2.24, 2.45) is 0 Å². The Morgan fingerprint density at radius 3 is 2.33 bits per heavy atom. The molecule has 0 saturated heterocycles. The second-order valence-electron chi connectivity index (χ2n) is 5.58. The topological polar surface area (TPSA) is 63.2 Å². The van der Waals surface area contributed by atoms with Gasteiger partial charge in [0.1, 0.15) is 5.25 Å². The van der Waals surface area contributed by atoms with Gasteiger partial charge in [0.25, 0.3) is 0 Å². The van der Waals surface area contributed by atoms with Crippen molar-refractivity contribution in [2.45, 2.75) is 31.3 Å². The second-order valence-corrected chi connectivity index (χ2v) is 8.31. The Labute approximate surface area is 147 Å². The van der Waals surface area contributed by atoms with E-state index in [1.54, 1.807) is 36.4 Å². The molecular weight excluding hydrogens is 346 g/mol. The standard InChI is InChI=1S/C18H20ClNO3S/c1-3-14-8-10-16(11-9-14)20-18(21)13(2)24(22,23)12-15-6-4-5-7-17(15)19/h4-11,13H,3,12H2,1-2H3,(H,20,21)/t13-/m0/s1. The summed E-state index contributed by atoms with van der Waals surface area (Å²) in [5, 5.41) is 1.86. The molecule has 2 aromatic carbocycles. The first kappa shape index (κ1) is 18.5. The third kappa shape index (κ3) is 4.58. The lowest BCUT2D eigenvalue weighted by molar-refractivity contribution is -0.115. The van der Waals surface area contributed by atoms with Crippen LogP contribution < -0.4 is 5.32 Å². The zero-order valence-electron chi connectivity index (χ0n) is 13.6. The highest BCUT2D eigenvalue weighted by molar-refractivity contribution is 7.92. The minimum atomic E-state index is -3.66. The van der Waals surface area contributed by atoms with Gasteiger partial charge in [0.15, 0.2) is 9.84 Å². The fourth-order valence-corrected chi connectivity index (χ4v) is 3.79. The van der Waals surface area contributed by atoms with E-state index in [1.807, 2.05) is 19.1 Å². The fraction of sp³-hybridized carbons (Fsp3) is 0.278. The first-order valence-corrected chi connectivity index (χ1v) is 9.77. The molecule has 0 aromatic heterocycles. The Morgan fingerprint density at radius 2 is 1.75 bits per heavy atom. The van der Waals surface area contributed by atoms with Crippen LogP contribution in [-0.4, -0.2) is 19.6 Å². The summed E-state index contributed by atoms with van der Waals surface area (Å²) in [7, 11) is -3.66. The highest BCUT2D eigenvalue weighted by Gasteiger charge is 2.28. The van der Waals surface area contributed by atoms with Gasteiger partial charge < -0.3 is 5.32 Å². The summed E-state index contributed by atoms with van der Waals surface area (Å²) >= 11 is 6.01. The van der Waals surface area contributed by atoms with Crippen molar-refractivity contribution in [3.63, 3.8) is 0 Å². The number of amides is 1. The molecule has 24 heavy (non-hydrogen) atoms. The van der Waals surface area contributed by atoms with Crippen LogP contribution in [0.25, 0.3) is 0 Å². The van der Waals surface area contributed by atoms with E-state index in [4.69, 9.17) is 11.6 Å². The van der Waals surface area contributed by atoms with Crippen LogP contribution in [0.1, 0.15) is 25.0 Å². The fourth-order valence-electron chi connectivity index (χ4n) is 2.19. The number of hydrogen-bond acceptors (Lipinski definition) is 3. The summed E-state index contributed by atoms with van der Waals surface area (Å²) in [6, 6.07) is 14.1. The molecule has 0 radical (unpaired) electrons. The van der Waals surface area contributed by atoms with E-state index in [2.05, 4.69) is 5.32 Å². The Kier molecular flexibility index (Phi) is 6.02. The van der Waals surface area contributed by atoms with Crippen molar-refractivity contribution < 1.29 is 13.2 Å². The average Bonchev–Trinajstić information content (AvgIpc) is 2.56. The molecule has 0 aliphatic carbocycles. The van der Waals surface area contributed by atoms with E-state index in [0.717, 1.165) is 12.0 Å². The van der Waals surface area contributed by atoms with Crippen LogP contribution in [0.5, 0.6) is 0 Å². The van der Waals surface area contributed by atoms with E-state index in [-0.39, 0.29) is 5.75 Å². The largest absolute Gasteiger partial charge is 0.325 e. The maximum Gasteiger partial charge on any atom is 0.242 e. The zero-order chi connectivity index (χ0) is 17.7. The van der Waals surface area contributed by atoms with Gasteiger partial charge in [0, 0.05) is 10.7 Å². The zero-order valence-corrected chi connectivity index (χ0v) is 15.2. The first-order chi connectivity index (χ1) is 11.3. The third-order valence-electron chi connectivity index (χ3n) is 3.85. The lowest BCUT2D eigenvalue weighted by atomic mass is 10.1. The van der Waals surface area contributed by atoms with E-state index < -0.39 is 21.0 Å². The van der Waals surface area contributed by atoms with Crippen molar-refractivity contribution in [1.82, 2.24) is 0 Å². The molecule has 0 spiro atoms. The van der Waals surface area contributed by atoms with Crippen molar-refractivity contribution in [2.75, 3.05) is 5.32 Å². The van der Waals surface area contributed by atoms with Crippen LogP contribution in [0, 0.1) is 0 Å². The molecule has 0 heterocycles. The summed E-state index contributed by atoms with van der Waals surface area (Å²) in [6.45, 7) is 3.43.